The predicted octanol–water partition coefficient (Wildman–Crippen LogP) is 3.15. The van der Waals surface area contributed by atoms with Crippen LogP contribution in [-0.2, 0) is 0 Å². The van der Waals surface area contributed by atoms with Crippen molar-refractivity contribution < 1.29 is 0 Å². The van der Waals surface area contributed by atoms with Gasteiger partial charge in [0.05, 0.1) is 23.4 Å². The lowest BCUT2D eigenvalue weighted by Crippen LogP contribution is -2.16. The summed E-state index contributed by atoms with van der Waals surface area (Å²) >= 11 is 0. The van der Waals surface area contributed by atoms with Gasteiger partial charge in [-0.15, -0.1) is 0 Å². The first-order chi connectivity index (χ1) is 11.6. The first-order valence-electron chi connectivity index (χ1n) is 7.62. The second kappa shape index (κ2) is 6.95. The molecule has 0 aliphatic rings. The van der Waals surface area contributed by atoms with Crippen LogP contribution in [0.2, 0.25) is 0 Å². The summed E-state index contributed by atoms with van der Waals surface area (Å²) in [6.07, 6.45) is 3.35. The number of hydrogen-bond acceptors (Lipinski definition) is 5. The molecule has 1 aromatic carbocycles. The maximum Gasteiger partial charge on any atom is 0.228 e. The van der Waals surface area contributed by atoms with Crippen molar-refractivity contribution in [1.29, 1.82) is 5.41 Å². The van der Waals surface area contributed by atoms with Crippen molar-refractivity contribution in [2.24, 2.45) is 4.99 Å². The number of fused-ring (bicyclic) bond motifs is 1. The smallest absolute Gasteiger partial charge is 0.228 e. The molecule has 24 heavy (non-hydrogen) atoms. The Morgan fingerprint density at radius 2 is 2.08 bits per heavy atom. The zero-order valence-corrected chi connectivity index (χ0v) is 13.6. The predicted molar refractivity (Wildman–Crippen MR) is 97.1 cm³/mol. The number of nitrogens with one attached hydrogen (secondary N) is 2. The molecule has 0 atom stereocenters. The number of aryl methyl sites for hydroxylation is 2. The molecule has 0 saturated carbocycles. The van der Waals surface area contributed by atoms with Crippen molar-refractivity contribution in [1.82, 2.24) is 15.0 Å². The lowest BCUT2D eigenvalue weighted by molar-refractivity contribution is 1.14. The minimum absolute atomic E-state index is 0.213. The SMILES string of the molecule is Cc1ccc2nc(NC(=N)C/N=C/c3ccccn3)nc(C)c2c1. The van der Waals surface area contributed by atoms with Crippen LogP contribution in [0.4, 0.5) is 5.95 Å². The van der Waals surface area contributed by atoms with Crippen LogP contribution in [0.3, 0.4) is 0 Å². The average molecular weight is 318 g/mol. The molecule has 0 aliphatic carbocycles. The highest BCUT2D eigenvalue weighted by Crippen LogP contribution is 2.18. The van der Waals surface area contributed by atoms with E-state index in [-0.39, 0.29) is 12.4 Å². The molecule has 0 radical (unpaired) electrons. The number of amidine groups is 1. The van der Waals surface area contributed by atoms with E-state index in [1.807, 2.05) is 44.2 Å². The Bertz CT molecular complexity index is 902. The first kappa shape index (κ1) is 15.7. The molecule has 2 N–H and O–H groups in total. The molecule has 6 nitrogen and oxygen atoms in total. The van der Waals surface area contributed by atoms with Crippen LogP contribution < -0.4 is 5.32 Å². The van der Waals surface area contributed by atoms with Crippen molar-refractivity contribution in [3.63, 3.8) is 0 Å². The minimum Gasteiger partial charge on any atom is -0.311 e. The van der Waals surface area contributed by atoms with Crippen LogP contribution in [0.1, 0.15) is 17.0 Å². The van der Waals surface area contributed by atoms with Gasteiger partial charge in [0, 0.05) is 17.8 Å². The molecule has 0 unspecified atom stereocenters. The number of anilines is 1. The summed E-state index contributed by atoms with van der Waals surface area (Å²) in [5.41, 5.74) is 3.68. The summed E-state index contributed by atoms with van der Waals surface area (Å²) in [6.45, 7) is 4.20. The molecule has 0 aliphatic heterocycles. The number of hydrogen-bond donors (Lipinski definition) is 2. The first-order valence-corrected chi connectivity index (χ1v) is 7.62. The summed E-state index contributed by atoms with van der Waals surface area (Å²) < 4.78 is 0. The molecule has 2 heterocycles. The van der Waals surface area contributed by atoms with Crippen LogP contribution in [0, 0.1) is 19.3 Å². The molecule has 3 rings (SSSR count). The van der Waals surface area contributed by atoms with Crippen molar-refractivity contribution in [2.45, 2.75) is 13.8 Å². The van der Waals surface area contributed by atoms with E-state index in [4.69, 9.17) is 5.41 Å². The van der Waals surface area contributed by atoms with Gasteiger partial charge < -0.3 is 5.32 Å². The molecule has 3 aromatic rings. The summed E-state index contributed by atoms with van der Waals surface area (Å²) in [5.74, 6) is 0.648. The number of benzene rings is 1. The second-order valence-corrected chi connectivity index (χ2v) is 5.48. The quantitative estimate of drug-likeness (QED) is 0.571. The van der Waals surface area contributed by atoms with Crippen LogP contribution in [-0.4, -0.2) is 33.5 Å². The lowest BCUT2D eigenvalue weighted by Gasteiger charge is -2.08. The normalized spacial score (nSPS) is 11.1. The fourth-order valence-corrected chi connectivity index (χ4v) is 2.31. The van der Waals surface area contributed by atoms with E-state index in [0.717, 1.165) is 22.3 Å². The average Bonchev–Trinajstić information content (AvgIpc) is 2.56. The van der Waals surface area contributed by atoms with Gasteiger partial charge in [-0.05, 0) is 38.1 Å². The summed E-state index contributed by atoms with van der Waals surface area (Å²) in [7, 11) is 0. The van der Waals surface area contributed by atoms with E-state index < -0.39 is 0 Å². The summed E-state index contributed by atoms with van der Waals surface area (Å²) in [5, 5.41) is 11.9. The molecular formula is C18H18N6. The third-order valence-corrected chi connectivity index (χ3v) is 3.47. The van der Waals surface area contributed by atoms with Crippen molar-refractivity contribution in [3.8, 4) is 0 Å². The zero-order chi connectivity index (χ0) is 16.9. The highest BCUT2D eigenvalue weighted by molar-refractivity contribution is 5.95. The highest BCUT2D eigenvalue weighted by atomic mass is 15.1. The molecule has 0 fully saturated rings. The topological polar surface area (TPSA) is 86.9 Å². The lowest BCUT2D eigenvalue weighted by atomic mass is 10.1. The van der Waals surface area contributed by atoms with Gasteiger partial charge >= 0.3 is 0 Å². The van der Waals surface area contributed by atoms with Crippen molar-refractivity contribution >= 4 is 28.9 Å². The minimum atomic E-state index is 0.213. The van der Waals surface area contributed by atoms with Crippen molar-refractivity contribution in [2.75, 3.05) is 11.9 Å². The Hall–Kier alpha value is -3.15. The molecule has 0 saturated heterocycles. The summed E-state index contributed by atoms with van der Waals surface area (Å²) in [6, 6.07) is 11.6. The maximum atomic E-state index is 7.98. The van der Waals surface area contributed by atoms with Gasteiger partial charge in [-0.25, -0.2) is 9.97 Å². The molecule has 120 valence electrons. The Morgan fingerprint density at radius 3 is 2.88 bits per heavy atom. The van der Waals surface area contributed by atoms with Gasteiger partial charge in [0.1, 0.15) is 5.84 Å². The Balaban J connectivity index is 1.69. The van der Waals surface area contributed by atoms with Gasteiger partial charge in [0.25, 0.3) is 0 Å². The van der Waals surface area contributed by atoms with Crippen LogP contribution in [0.15, 0.2) is 47.6 Å². The fraction of sp³-hybridized carbons (Fsp3) is 0.167. The Morgan fingerprint density at radius 1 is 1.21 bits per heavy atom. The van der Waals surface area contributed by atoms with Crippen LogP contribution in [0.5, 0.6) is 0 Å². The third kappa shape index (κ3) is 3.78. The van der Waals surface area contributed by atoms with Gasteiger partial charge in [-0.3, -0.25) is 15.4 Å². The number of rotatable bonds is 4. The van der Waals surface area contributed by atoms with Gasteiger partial charge in [-0.1, -0.05) is 17.7 Å². The van der Waals surface area contributed by atoms with E-state index in [2.05, 4.69) is 31.3 Å². The Kier molecular flexibility index (Phi) is 4.56. The number of pyridine rings is 1. The van der Waals surface area contributed by atoms with E-state index in [1.54, 1.807) is 12.4 Å². The monoisotopic (exact) mass is 318 g/mol. The molecule has 0 bridgehead atoms. The Labute approximate surface area is 140 Å². The van der Waals surface area contributed by atoms with Gasteiger partial charge in [-0.2, -0.15) is 0 Å². The molecule has 6 heteroatoms. The third-order valence-electron chi connectivity index (χ3n) is 3.47. The molecule has 0 spiro atoms. The second-order valence-electron chi connectivity index (χ2n) is 5.48. The van der Waals surface area contributed by atoms with Crippen LogP contribution >= 0.6 is 0 Å². The van der Waals surface area contributed by atoms with Crippen LogP contribution in [0.25, 0.3) is 10.9 Å². The van der Waals surface area contributed by atoms with E-state index in [9.17, 15) is 0 Å². The maximum absolute atomic E-state index is 7.98. The molecule has 0 amide bonds. The van der Waals surface area contributed by atoms with E-state index >= 15 is 0 Å². The summed E-state index contributed by atoms with van der Waals surface area (Å²) in [4.78, 5) is 17.2. The fourth-order valence-electron chi connectivity index (χ4n) is 2.31. The van der Waals surface area contributed by atoms with E-state index in [1.165, 1.54) is 5.56 Å². The largest absolute Gasteiger partial charge is 0.311 e. The zero-order valence-electron chi connectivity index (χ0n) is 13.6. The van der Waals surface area contributed by atoms with E-state index in [0.29, 0.717) is 5.95 Å². The highest BCUT2D eigenvalue weighted by Gasteiger charge is 2.06. The van der Waals surface area contributed by atoms with Gasteiger partial charge in [0.2, 0.25) is 5.95 Å². The molecule has 2 aromatic heterocycles. The van der Waals surface area contributed by atoms with Crippen molar-refractivity contribution in [3.05, 3.63) is 59.5 Å². The number of aromatic nitrogens is 3. The molecular weight excluding hydrogens is 300 g/mol. The van der Waals surface area contributed by atoms with Gasteiger partial charge in [0.15, 0.2) is 0 Å². The number of aliphatic imine (C=N–C) groups is 1. The number of nitrogens with zero attached hydrogens (tertiary/aromatic N) is 4. The standard InChI is InChI=1S/C18H18N6/c1-12-6-7-16-15(9-12)13(2)22-18(23-16)24-17(19)11-20-10-14-5-3-4-8-21-14/h3-10H,11H2,1-2H3,(H2,19,22,23,24)/b20-10+.